The SMILES string of the molecule is COC(=O)c1ccc(Br)c(C)c1O. The van der Waals surface area contributed by atoms with Gasteiger partial charge < -0.3 is 9.84 Å². The number of rotatable bonds is 1. The van der Waals surface area contributed by atoms with E-state index in [0.29, 0.717) is 5.56 Å². The number of phenols is 1. The number of hydrogen-bond acceptors (Lipinski definition) is 3. The number of carbonyl (C=O) groups excluding carboxylic acids is 1. The number of hydrogen-bond donors (Lipinski definition) is 1. The molecule has 0 saturated carbocycles. The van der Waals surface area contributed by atoms with Gasteiger partial charge >= 0.3 is 5.97 Å². The van der Waals surface area contributed by atoms with Crippen molar-refractivity contribution in [3.8, 4) is 5.75 Å². The fraction of sp³-hybridized carbons (Fsp3) is 0.222. The molecule has 0 amide bonds. The molecule has 0 aromatic heterocycles. The van der Waals surface area contributed by atoms with E-state index in [1.54, 1.807) is 13.0 Å². The third kappa shape index (κ3) is 1.83. The highest BCUT2D eigenvalue weighted by molar-refractivity contribution is 9.10. The van der Waals surface area contributed by atoms with Crippen LogP contribution in [0.25, 0.3) is 0 Å². The second-order valence-corrected chi connectivity index (χ2v) is 3.41. The van der Waals surface area contributed by atoms with E-state index < -0.39 is 5.97 Å². The van der Waals surface area contributed by atoms with Gasteiger partial charge in [0.05, 0.1) is 7.11 Å². The predicted molar refractivity (Wildman–Crippen MR) is 51.9 cm³/mol. The minimum absolute atomic E-state index is 0.0405. The monoisotopic (exact) mass is 244 g/mol. The van der Waals surface area contributed by atoms with Crippen molar-refractivity contribution in [1.82, 2.24) is 0 Å². The first-order valence-corrected chi connectivity index (χ1v) is 4.43. The summed E-state index contributed by atoms with van der Waals surface area (Å²) < 4.78 is 5.26. The minimum Gasteiger partial charge on any atom is -0.507 e. The molecule has 3 nitrogen and oxygen atoms in total. The van der Waals surface area contributed by atoms with Crippen molar-refractivity contribution >= 4 is 21.9 Å². The van der Waals surface area contributed by atoms with E-state index in [1.165, 1.54) is 13.2 Å². The summed E-state index contributed by atoms with van der Waals surface area (Å²) >= 11 is 3.24. The summed E-state index contributed by atoms with van der Waals surface area (Å²) in [5, 5.41) is 9.55. The molecule has 0 spiro atoms. The number of benzene rings is 1. The molecule has 0 aliphatic heterocycles. The molecule has 0 heterocycles. The Bertz CT molecular complexity index is 347. The molecule has 0 unspecified atom stereocenters. The Morgan fingerprint density at radius 2 is 2.15 bits per heavy atom. The molecule has 0 bridgehead atoms. The molecule has 0 aliphatic rings. The largest absolute Gasteiger partial charge is 0.507 e. The molecular formula is C9H9BrO3. The van der Waals surface area contributed by atoms with Gasteiger partial charge in [0.2, 0.25) is 0 Å². The minimum atomic E-state index is -0.534. The summed E-state index contributed by atoms with van der Waals surface area (Å²) in [6.45, 7) is 1.71. The van der Waals surface area contributed by atoms with Crippen LogP contribution >= 0.6 is 15.9 Å². The summed E-state index contributed by atoms with van der Waals surface area (Å²) in [7, 11) is 1.28. The fourth-order valence-electron chi connectivity index (χ4n) is 0.950. The van der Waals surface area contributed by atoms with Crippen molar-refractivity contribution < 1.29 is 14.6 Å². The molecule has 0 radical (unpaired) electrons. The zero-order chi connectivity index (χ0) is 10.0. The molecule has 0 atom stereocenters. The van der Waals surface area contributed by atoms with Crippen LogP contribution in [0.15, 0.2) is 16.6 Å². The lowest BCUT2D eigenvalue weighted by Gasteiger charge is -2.06. The highest BCUT2D eigenvalue weighted by Gasteiger charge is 2.14. The molecule has 0 saturated heterocycles. The number of methoxy groups -OCH3 is 1. The zero-order valence-electron chi connectivity index (χ0n) is 7.30. The van der Waals surface area contributed by atoms with E-state index in [-0.39, 0.29) is 11.3 Å². The van der Waals surface area contributed by atoms with Crippen LogP contribution in [-0.4, -0.2) is 18.2 Å². The lowest BCUT2D eigenvalue weighted by atomic mass is 10.1. The second-order valence-electron chi connectivity index (χ2n) is 2.56. The Balaban J connectivity index is 3.26. The first kappa shape index (κ1) is 10.1. The van der Waals surface area contributed by atoms with Crippen molar-refractivity contribution in [2.45, 2.75) is 6.92 Å². The van der Waals surface area contributed by atoms with Crippen LogP contribution in [0.2, 0.25) is 0 Å². The van der Waals surface area contributed by atoms with Crippen LogP contribution in [0.3, 0.4) is 0 Å². The maximum atomic E-state index is 11.1. The summed E-state index contributed by atoms with van der Waals surface area (Å²) in [4.78, 5) is 11.1. The van der Waals surface area contributed by atoms with Gasteiger partial charge in [0.25, 0.3) is 0 Å². The number of phenolic OH excluding ortho intramolecular Hbond substituents is 1. The molecule has 13 heavy (non-hydrogen) atoms. The van der Waals surface area contributed by atoms with Gasteiger partial charge in [-0.3, -0.25) is 0 Å². The van der Waals surface area contributed by atoms with E-state index in [1.807, 2.05) is 0 Å². The number of esters is 1. The third-order valence-electron chi connectivity index (χ3n) is 1.77. The van der Waals surface area contributed by atoms with Crippen LogP contribution in [0, 0.1) is 6.92 Å². The van der Waals surface area contributed by atoms with Gasteiger partial charge in [-0.1, -0.05) is 15.9 Å². The predicted octanol–water partition coefficient (Wildman–Crippen LogP) is 2.25. The summed E-state index contributed by atoms with van der Waals surface area (Å²) in [6.07, 6.45) is 0. The van der Waals surface area contributed by atoms with E-state index in [0.717, 1.165) is 4.47 Å². The molecule has 1 N–H and O–H groups in total. The van der Waals surface area contributed by atoms with E-state index in [4.69, 9.17) is 0 Å². The summed E-state index contributed by atoms with van der Waals surface area (Å²) in [6, 6.07) is 3.21. The smallest absolute Gasteiger partial charge is 0.341 e. The van der Waals surface area contributed by atoms with Gasteiger partial charge in [0, 0.05) is 10.0 Å². The number of halogens is 1. The lowest BCUT2D eigenvalue weighted by Crippen LogP contribution is -2.02. The maximum absolute atomic E-state index is 11.1. The molecular weight excluding hydrogens is 236 g/mol. The van der Waals surface area contributed by atoms with Crippen molar-refractivity contribution in [2.24, 2.45) is 0 Å². The fourth-order valence-corrected chi connectivity index (χ4v) is 1.27. The van der Waals surface area contributed by atoms with E-state index in [9.17, 15) is 9.90 Å². The van der Waals surface area contributed by atoms with Crippen molar-refractivity contribution in [2.75, 3.05) is 7.11 Å². The van der Waals surface area contributed by atoms with Crippen molar-refractivity contribution in [3.63, 3.8) is 0 Å². The van der Waals surface area contributed by atoms with Gasteiger partial charge in [-0.15, -0.1) is 0 Å². The molecule has 0 aliphatic carbocycles. The van der Waals surface area contributed by atoms with Crippen LogP contribution < -0.4 is 0 Å². The van der Waals surface area contributed by atoms with Crippen LogP contribution in [0.1, 0.15) is 15.9 Å². The van der Waals surface area contributed by atoms with Gasteiger partial charge in [-0.2, -0.15) is 0 Å². The topological polar surface area (TPSA) is 46.5 Å². The molecule has 1 aromatic carbocycles. The standard InChI is InChI=1S/C9H9BrO3/c1-5-7(10)4-3-6(8(5)11)9(12)13-2/h3-4,11H,1-2H3. The third-order valence-corrected chi connectivity index (χ3v) is 2.63. The van der Waals surface area contributed by atoms with Gasteiger partial charge in [-0.05, 0) is 19.1 Å². The van der Waals surface area contributed by atoms with E-state index in [2.05, 4.69) is 20.7 Å². The van der Waals surface area contributed by atoms with Crippen LogP contribution in [0.4, 0.5) is 0 Å². The summed E-state index contributed by atoms with van der Waals surface area (Å²) in [5.74, 6) is -0.575. The van der Waals surface area contributed by atoms with Gasteiger partial charge in [0.15, 0.2) is 0 Å². The number of aromatic hydroxyl groups is 1. The normalized spacial score (nSPS) is 9.77. The second kappa shape index (κ2) is 3.79. The van der Waals surface area contributed by atoms with E-state index >= 15 is 0 Å². The maximum Gasteiger partial charge on any atom is 0.341 e. The number of carbonyl (C=O) groups is 1. The first-order chi connectivity index (χ1) is 6.07. The first-order valence-electron chi connectivity index (χ1n) is 3.64. The average molecular weight is 245 g/mol. The molecule has 1 rings (SSSR count). The van der Waals surface area contributed by atoms with Crippen LogP contribution in [0.5, 0.6) is 5.75 Å². The quantitative estimate of drug-likeness (QED) is 0.772. The Kier molecular flexibility index (Phi) is 2.93. The number of ether oxygens (including phenoxy) is 1. The molecule has 70 valence electrons. The Hall–Kier alpha value is -1.03. The van der Waals surface area contributed by atoms with Gasteiger partial charge in [0.1, 0.15) is 11.3 Å². The van der Waals surface area contributed by atoms with Gasteiger partial charge in [-0.25, -0.2) is 4.79 Å². The average Bonchev–Trinajstić information content (AvgIpc) is 2.13. The lowest BCUT2D eigenvalue weighted by molar-refractivity contribution is 0.0597. The Labute approximate surface area is 84.5 Å². The molecule has 4 heteroatoms. The van der Waals surface area contributed by atoms with Crippen molar-refractivity contribution in [3.05, 3.63) is 27.7 Å². The Morgan fingerprint density at radius 3 is 2.69 bits per heavy atom. The highest BCUT2D eigenvalue weighted by Crippen LogP contribution is 2.28. The molecule has 1 aromatic rings. The highest BCUT2D eigenvalue weighted by atomic mass is 79.9. The van der Waals surface area contributed by atoms with Crippen LogP contribution in [-0.2, 0) is 4.74 Å². The molecule has 0 fully saturated rings. The van der Waals surface area contributed by atoms with Crippen molar-refractivity contribution in [1.29, 1.82) is 0 Å². The zero-order valence-corrected chi connectivity index (χ0v) is 8.88. The summed E-state index contributed by atoms with van der Waals surface area (Å²) in [5.41, 5.74) is 0.811. The Morgan fingerprint density at radius 1 is 1.54 bits per heavy atom.